The third-order valence-corrected chi connectivity index (χ3v) is 10.5. The Labute approximate surface area is 255 Å². The summed E-state index contributed by atoms with van der Waals surface area (Å²) in [6, 6.07) is 17.1. The van der Waals surface area contributed by atoms with Crippen molar-refractivity contribution in [3.05, 3.63) is 60.3 Å². The molecule has 8 rings (SSSR count). The molecule has 2 bridgehead atoms. The first-order valence-corrected chi connectivity index (χ1v) is 16.4. The number of nitrogens with two attached hydrogens (primary N) is 1. The number of aromatic nitrogens is 4. The third kappa shape index (κ3) is 4.35. The first-order valence-electron chi connectivity index (χ1n) is 15.2. The van der Waals surface area contributed by atoms with E-state index in [2.05, 4.69) is 50.5 Å². The van der Waals surface area contributed by atoms with E-state index in [1.165, 1.54) is 23.7 Å². The van der Waals surface area contributed by atoms with Crippen molar-refractivity contribution in [2.24, 2.45) is 24.6 Å². The second-order valence-corrected chi connectivity index (χ2v) is 13.3. The molecule has 2 aromatic carbocycles. The zero-order chi connectivity index (χ0) is 29.4. The highest BCUT2D eigenvalue weighted by Crippen LogP contribution is 2.40. The second kappa shape index (κ2) is 10.1. The van der Waals surface area contributed by atoms with E-state index in [1.54, 1.807) is 18.9 Å². The molecule has 4 heterocycles. The number of pyridine rings is 1. The van der Waals surface area contributed by atoms with E-state index < -0.39 is 0 Å². The molecule has 2 N–H and O–H groups in total. The van der Waals surface area contributed by atoms with E-state index in [4.69, 9.17) is 15.5 Å². The summed E-state index contributed by atoms with van der Waals surface area (Å²) < 4.78 is 10.4. The highest BCUT2D eigenvalue weighted by molar-refractivity contribution is 7.98. The number of methoxy groups -OCH3 is 1. The first kappa shape index (κ1) is 26.8. The lowest BCUT2D eigenvalue weighted by Gasteiger charge is -2.27. The summed E-state index contributed by atoms with van der Waals surface area (Å²) in [5.74, 6) is 2.62. The van der Waals surface area contributed by atoms with E-state index in [0.717, 1.165) is 64.6 Å². The van der Waals surface area contributed by atoms with Gasteiger partial charge < -0.3 is 24.5 Å². The van der Waals surface area contributed by atoms with Crippen LogP contribution in [-0.4, -0.2) is 61.9 Å². The van der Waals surface area contributed by atoms with Gasteiger partial charge in [0.2, 0.25) is 0 Å². The minimum atomic E-state index is 0.0190. The Kier molecular flexibility index (Phi) is 6.31. The molecular formula is C34H36N6O2S. The van der Waals surface area contributed by atoms with Crippen LogP contribution in [0.15, 0.2) is 59.8 Å². The van der Waals surface area contributed by atoms with E-state index in [9.17, 15) is 4.79 Å². The van der Waals surface area contributed by atoms with Gasteiger partial charge >= 0.3 is 0 Å². The van der Waals surface area contributed by atoms with E-state index in [1.807, 2.05) is 36.5 Å². The third-order valence-electron chi connectivity index (χ3n) is 9.87. The normalized spacial score (nSPS) is 21.4. The Morgan fingerprint density at radius 1 is 1.07 bits per heavy atom. The number of hydrogen-bond donors (Lipinski definition) is 1. The highest BCUT2D eigenvalue weighted by atomic mass is 32.2. The van der Waals surface area contributed by atoms with Gasteiger partial charge in [0, 0.05) is 60.4 Å². The van der Waals surface area contributed by atoms with E-state index in [0.29, 0.717) is 23.1 Å². The number of aryl methyl sites for hydroxylation is 1. The number of hydrogen-bond acceptors (Lipinski definition) is 6. The average molecular weight is 593 g/mol. The lowest BCUT2D eigenvalue weighted by Crippen LogP contribution is -2.41. The number of rotatable bonds is 7. The van der Waals surface area contributed by atoms with Gasteiger partial charge in [0.15, 0.2) is 5.82 Å². The fraction of sp³-hybridized carbons (Fsp3) is 0.382. The largest absolute Gasteiger partial charge is 0.494 e. The molecule has 5 aromatic rings. The van der Waals surface area contributed by atoms with Crippen LogP contribution in [0.4, 0.5) is 0 Å². The Morgan fingerprint density at radius 3 is 2.58 bits per heavy atom. The van der Waals surface area contributed by atoms with Crippen molar-refractivity contribution in [1.29, 1.82) is 0 Å². The molecule has 43 heavy (non-hydrogen) atoms. The monoisotopic (exact) mass is 592 g/mol. The molecule has 8 nitrogen and oxygen atoms in total. The van der Waals surface area contributed by atoms with Crippen LogP contribution in [-0.2, 0) is 13.6 Å². The van der Waals surface area contributed by atoms with Crippen molar-refractivity contribution in [2.45, 2.75) is 49.3 Å². The summed E-state index contributed by atoms with van der Waals surface area (Å²) in [4.78, 5) is 25.4. The highest BCUT2D eigenvalue weighted by Gasteiger charge is 2.47. The molecule has 0 radical (unpaired) electrons. The minimum Gasteiger partial charge on any atom is -0.494 e. The Balaban J connectivity index is 1.23. The number of carbonyl (C=O) groups is 1. The lowest BCUT2D eigenvalue weighted by molar-refractivity contribution is 0.0700. The molecule has 3 aromatic heterocycles. The average Bonchev–Trinajstić information content (AvgIpc) is 3.44. The van der Waals surface area contributed by atoms with Crippen LogP contribution in [0, 0.1) is 11.8 Å². The van der Waals surface area contributed by atoms with Crippen LogP contribution in [0.2, 0.25) is 0 Å². The number of piperidine rings is 1. The maximum atomic E-state index is 13.7. The van der Waals surface area contributed by atoms with Crippen LogP contribution >= 0.6 is 11.8 Å². The van der Waals surface area contributed by atoms with Crippen LogP contribution in [0.1, 0.15) is 36.0 Å². The van der Waals surface area contributed by atoms with Gasteiger partial charge in [0.1, 0.15) is 11.3 Å². The van der Waals surface area contributed by atoms with E-state index in [-0.39, 0.29) is 18.0 Å². The first-order chi connectivity index (χ1) is 20.9. The quantitative estimate of drug-likeness (QED) is 0.235. The fourth-order valence-corrected chi connectivity index (χ4v) is 7.68. The molecule has 3 fully saturated rings. The maximum absolute atomic E-state index is 13.7. The standard InChI is InChI=1S/C34H36N6O2S/c1-38-32-25(12-24(15-29(32)42-2)34(41)40-18-23-8-10-26(40)31(23)35)37-33(38)28-14-21-7-6-20(22-9-11-30(43-3)36-16-22)13-27(21)39(28)17-19-4-5-19/h6-7,9,11-16,19,23,26,31H,4-5,8,10,17-18,35H2,1-3H3/t23-,26-,31-/m1/s1. The van der Waals surface area contributed by atoms with Crippen molar-refractivity contribution in [1.82, 2.24) is 24.0 Å². The van der Waals surface area contributed by atoms with Gasteiger partial charge in [0.25, 0.3) is 5.91 Å². The Hall–Kier alpha value is -3.82. The summed E-state index contributed by atoms with van der Waals surface area (Å²) in [6.45, 7) is 1.69. The predicted molar refractivity (Wildman–Crippen MR) is 171 cm³/mol. The molecule has 2 aliphatic carbocycles. The summed E-state index contributed by atoms with van der Waals surface area (Å²) in [5.41, 5.74) is 13.2. The molecular weight excluding hydrogens is 556 g/mol. The Morgan fingerprint density at radius 2 is 1.91 bits per heavy atom. The lowest BCUT2D eigenvalue weighted by atomic mass is 10.1. The second-order valence-electron chi connectivity index (χ2n) is 12.4. The molecule has 3 aliphatic rings. The molecule has 3 atom stereocenters. The zero-order valence-corrected chi connectivity index (χ0v) is 25.6. The molecule has 1 aliphatic heterocycles. The predicted octanol–water partition coefficient (Wildman–Crippen LogP) is 5.96. The zero-order valence-electron chi connectivity index (χ0n) is 24.8. The fourth-order valence-electron chi connectivity index (χ4n) is 7.31. The number of thioether (sulfide) groups is 1. The van der Waals surface area contributed by atoms with Gasteiger partial charge in [-0.1, -0.05) is 18.2 Å². The van der Waals surface area contributed by atoms with Crippen molar-refractivity contribution in [2.75, 3.05) is 19.9 Å². The summed E-state index contributed by atoms with van der Waals surface area (Å²) in [6.07, 6.45) is 8.60. The van der Waals surface area contributed by atoms with E-state index >= 15 is 0 Å². The van der Waals surface area contributed by atoms with Crippen molar-refractivity contribution >= 4 is 39.6 Å². The molecule has 9 heteroatoms. The molecule has 1 saturated heterocycles. The number of nitrogens with zero attached hydrogens (tertiary/aromatic N) is 5. The van der Waals surface area contributed by atoms with Crippen molar-refractivity contribution in [3.63, 3.8) is 0 Å². The maximum Gasteiger partial charge on any atom is 0.254 e. The molecule has 0 spiro atoms. The van der Waals surface area contributed by atoms with Gasteiger partial charge in [-0.25, -0.2) is 9.97 Å². The topological polar surface area (TPSA) is 91.2 Å². The number of imidazole rings is 1. The number of likely N-dealkylation sites (tertiary alicyclic amines) is 1. The summed E-state index contributed by atoms with van der Waals surface area (Å²) in [5, 5.41) is 2.20. The molecule has 2 saturated carbocycles. The number of fused-ring (bicyclic) bond motifs is 4. The van der Waals surface area contributed by atoms with Crippen LogP contribution in [0.3, 0.4) is 0 Å². The van der Waals surface area contributed by atoms with Crippen LogP contribution in [0.25, 0.3) is 44.6 Å². The van der Waals surface area contributed by atoms with Crippen molar-refractivity contribution < 1.29 is 9.53 Å². The van der Waals surface area contributed by atoms with Gasteiger partial charge in [-0.2, -0.15) is 0 Å². The molecule has 0 unspecified atom stereocenters. The minimum absolute atomic E-state index is 0.0190. The SMILES string of the molecule is COc1cc(C(=O)N2C[C@H]3CC[C@@H]2[C@@H]3N)cc2nc(-c3cc4ccc(-c5ccc(SC)nc5)cc4n3CC3CC3)n(C)c12. The number of amides is 1. The van der Waals surface area contributed by atoms with Gasteiger partial charge in [0.05, 0.1) is 23.3 Å². The number of carbonyl (C=O) groups excluding carboxylic acids is 1. The van der Waals surface area contributed by atoms with Gasteiger partial charge in [-0.3, -0.25) is 4.79 Å². The van der Waals surface area contributed by atoms with Crippen LogP contribution < -0.4 is 10.5 Å². The summed E-state index contributed by atoms with van der Waals surface area (Å²) in [7, 11) is 3.70. The van der Waals surface area contributed by atoms with Gasteiger partial charge in [-0.15, -0.1) is 11.8 Å². The number of benzene rings is 2. The van der Waals surface area contributed by atoms with Gasteiger partial charge in [-0.05, 0) is 79.7 Å². The van der Waals surface area contributed by atoms with Crippen molar-refractivity contribution in [3.8, 4) is 28.4 Å². The number of ether oxygens (including phenoxy) is 1. The smallest absolute Gasteiger partial charge is 0.254 e. The molecule has 1 amide bonds. The Bertz CT molecular complexity index is 1890. The van der Waals surface area contributed by atoms with Crippen LogP contribution in [0.5, 0.6) is 5.75 Å². The summed E-state index contributed by atoms with van der Waals surface area (Å²) >= 11 is 1.65. The molecule has 220 valence electrons.